The predicted molar refractivity (Wildman–Crippen MR) is 244 cm³/mol. The molecule has 0 aromatic carbocycles. The van der Waals surface area contributed by atoms with Crippen LogP contribution in [-0.4, -0.2) is 0 Å². The Labute approximate surface area is 347 Å². The van der Waals surface area contributed by atoms with Gasteiger partial charge in [-0.25, -0.2) is 0 Å². The lowest BCUT2D eigenvalue weighted by molar-refractivity contribution is -0.113. The molecule has 9 rings (SSSR count). The average Bonchev–Trinajstić information content (AvgIpc) is 3.27. The molecule has 55 heavy (non-hydrogen) atoms. The third kappa shape index (κ3) is 8.51. The maximum Gasteiger partial charge on any atom is -0.0238 e. The Morgan fingerprint density at radius 3 is 1.38 bits per heavy atom. The van der Waals surface area contributed by atoms with Crippen molar-refractivity contribution in [2.45, 2.75) is 236 Å². The standard InChI is InChI=1S/3C14H26.C13H24/c1-12(2,3)11-13(4,5)10-7-8-14(11,6)9-10;1-12(2,3)11-9-10-7-8-14(11,6)13(10,4)5;1-13(2,3)9-10-6-7-11-8-12(10)14(11,4)5;1-12(2,3)9-6-7-10-11(8-9)13(10,4)5/h2*10-11H,7-9H2,1-6H3;10-12H,6-9H2,1-5H3;9-11H,6-8H2,1-5H3. The zero-order valence-electron chi connectivity index (χ0n) is 42.0. The molecule has 0 radical (unpaired) electrons. The first-order valence-electron chi connectivity index (χ1n) is 24.5. The van der Waals surface area contributed by atoms with Crippen LogP contribution in [0.3, 0.4) is 0 Å². The van der Waals surface area contributed by atoms with E-state index < -0.39 is 0 Å². The van der Waals surface area contributed by atoms with Gasteiger partial charge in [0.1, 0.15) is 0 Å². The second-order valence-corrected chi connectivity index (χ2v) is 29.6. The molecule has 322 valence electrons. The van der Waals surface area contributed by atoms with Crippen LogP contribution in [0.2, 0.25) is 0 Å². The first-order valence-corrected chi connectivity index (χ1v) is 24.5. The molecule has 0 heterocycles. The number of rotatable bonds is 1. The van der Waals surface area contributed by atoms with E-state index in [1.54, 1.807) is 0 Å². The van der Waals surface area contributed by atoms with E-state index in [0.717, 1.165) is 59.2 Å². The second kappa shape index (κ2) is 14.3. The van der Waals surface area contributed by atoms with Crippen LogP contribution < -0.4 is 0 Å². The lowest BCUT2D eigenvalue weighted by Gasteiger charge is -2.61. The molecule has 12 unspecified atom stereocenters. The summed E-state index contributed by atoms with van der Waals surface area (Å²) in [6.45, 7) is 54.1. The van der Waals surface area contributed by atoms with Gasteiger partial charge in [0.2, 0.25) is 0 Å². The number of hydrogen-bond donors (Lipinski definition) is 0. The van der Waals surface area contributed by atoms with Gasteiger partial charge in [0, 0.05) is 0 Å². The van der Waals surface area contributed by atoms with Gasteiger partial charge in [0.05, 0.1) is 0 Å². The maximum atomic E-state index is 2.55. The molecule has 0 saturated heterocycles. The minimum atomic E-state index is 0.480. The molecule has 12 atom stereocenters. The van der Waals surface area contributed by atoms with Crippen molar-refractivity contribution >= 4 is 0 Å². The van der Waals surface area contributed by atoms with E-state index in [4.69, 9.17) is 0 Å². The van der Waals surface area contributed by atoms with Crippen molar-refractivity contribution in [2.75, 3.05) is 0 Å². The summed E-state index contributed by atoms with van der Waals surface area (Å²) in [7, 11) is 0. The highest BCUT2D eigenvalue weighted by Crippen LogP contribution is 2.72. The minimum absolute atomic E-state index is 0.480. The fourth-order valence-corrected chi connectivity index (χ4v) is 17.5. The van der Waals surface area contributed by atoms with Gasteiger partial charge < -0.3 is 0 Å². The molecular formula is C55H102. The van der Waals surface area contributed by atoms with Crippen molar-refractivity contribution in [2.24, 2.45) is 113 Å². The largest absolute Gasteiger partial charge is 0.0602 e. The molecule has 0 aromatic heterocycles. The number of hydrogen-bond acceptors (Lipinski definition) is 0. The molecule has 9 aliphatic rings. The molecule has 9 saturated carbocycles. The van der Waals surface area contributed by atoms with Gasteiger partial charge >= 0.3 is 0 Å². The molecular weight excluding hydrogens is 661 g/mol. The molecule has 0 aliphatic heterocycles. The van der Waals surface area contributed by atoms with Crippen molar-refractivity contribution in [3.05, 3.63) is 0 Å². The van der Waals surface area contributed by atoms with Crippen LogP contribution in [-0.2, 0) is 0 Å². The predicted octanol–water partition coefficient (Wildman–Crippen LogP) is 17.6. The van der Waals surface area contributed by atoms with E-state index in [0.29, 0.717) is 54.1 Å². The van der Waals surface area contributed by atoms with Gasteiger partial charge in [-0.2, -0.15) is 0 Å². The average molecular weight is 763 g/mol. The highest BCUT2D eigenvalue weighted by molar-refractivity contribution is 5.13. The van der Waals surface area contributed by atoms with Crippen molar-refractivity contribution in [1.82, 2.24) is 0 Å². The topological polar surface area (TPSA) is 0 Å². The summed E-state index contributed by atoms with van der Waals surface area (Å²) in [5, 5.41) is 0. The third-order valence-electron chi connectivity index (χ3n) is 20.7. The van der Waals surface area contributed by atoms with E-state index in [-0.39, 0.29) is 0 Å². The fourth-order valence-electron chi connectivity index (χ4n) is 17.5. The molecule has 0 heteroatoms. The molecule has 0 amide bonds. The molecule has 9 fully saturated rings. The first kappa shape index (κ1) is 46.1. The summed E-state index contributed by atoms with van der Waals surface area (Å²) in [5.41, 5.74) is 5.84. The van der Waals surface area contributed by atoms with E-state index in [1.165, 1.54) is 83.5 Å². The van der Waals surface area contributed by atoms with E-state index in [1.807, 2.05) is 0 Å². The van der Waals surface area contributed by atoms with Gasteiger partial charge in [0.25, 0.3) is 0 Å². The summed E-state index contributed by atoms with van der Waals surface area (Å²) in [5.74, 6) is 10.1. The third-order valence-corrected chi connectivity index (χ3v) is 20.7. The molecule has 9 aliphatic carbocycles. The molecule has 0 spiro atoms. The van der Waals surface area contributed by atoms with Crippen LogP contribution in [0.4, 0.5) is 0 Å². The smallest absolute Gasteiger partial charge is 0.0238 e. The second-order valence-electron chi connectivity index (χ2n) is 29.6. The molecule has 0 N–H and O–H groups in total. The zero-order valence-corrected chi connectivity index (χ0v) is 42.0. The van der Waals surface area contributed by atoms with Gasteiger partial charge in [-0.15, -0.1) is 0 Å². The van der Waals surface area contributed by atoms with Crippen LogP contribution in [0.1, 0.15) is 236 Å². The molecule has 6 bridgehead atoms. The Balaban J connectivity index is 0.000000141. The van der Waals surface area contributed by atoms with Gasteiger partial charge in [-0.3, -0.25) is 0 Å². The Bertz CT molecular complexity index is 1320. The summed E-state index contributed by atoms with van der Waals surface area (Å²) in [4.78, 5) is 0. The van der Waals surface area contributed by atoms with E-state index >= 15 is 0 Å². The highest BCUT2D eigenvalue weighted by atomic mass is 14.7. The Hall–Kier alpha value is 0. The van der Waals surface area contributed by atoms with Crippen molar-refractivity contribution < 1.29 is 0 Å². The monoisotopic (exact) mass is 763 g/mol. The van der Waals surface area contributed by atoms with Gasteiger partial charge in [-0.05, 0) is 197 Å². The Morgan fingerprint density at radius 1 is 0.455 bits per heavy atom. The summed E-state index contributed by atoms with van der Waals surface area (Å²) in [6.07, 6.45) is 19.3. The fraction of sp³-hybridized carbons (Fsp3) is 1.00. The van der Waals surface area contributed by atoms with E-state index in [9.17, 15) is 0 Å². The first-order chi connectivity index (χ1) is 24.5. The van der Waals surface area contributed by atoms with Crippen LogP contribution >= 0.6 is 0 Å². The summed E-state index contributed by atoms with van der Waals surface area (Å²) >= 11 is 0. The zero-order chi connectivity index (χ0) is 42.0. The summed E-state index contributed by atoms with van der Waals surface area (Å²) in [6, 6.07) is 0. The number of fused-ring (bicyclic) bond motifs is 7. The Morgan fingerprint density at radius 2 is 1.04 bits per heavy atom. The SMILES string of the molecule is CC(C)(C)C1C2(C)CCC(C2)C1(C)C.CC(C)(C)C1CC2CCC1(C)C2(C)C.CC(C)(C)C1CCC2C(C1)C2(C)C.CC(C)(C)CC1CCC2CC1C2(C)C. The van der Waals surface area contributed by atoms with Crippen molar-refractivity contribution in [1.29, 1.82) is 0 Å². The lowest BCUT2D eigenvalue weighted by Crippen LogP contribution is -2.52. The van der Waals surface area contributed by atoms with Crippen molar-refractivity contribution in [3.8, 4) is 0 Å². The minimum Gasteiger partial charge on any atom is -0.0602 e. The van der Waals surface area contributed by atoms with Gasteiger partial charge in [0.15, 0.2) is 0 Å². The lowest BCUT2D eigenvalue weighted by atomic mass is 9.44. The Kier molecular flexibility index (Phi) is 12.0. The van der Waals surface area contributed by atoms with Crippen molar-refractivity contribution in [3.63, 3.8) is 0 Å². The van der Waals surface area contributed by atoms with E-state index in [2.05, 4.69) is 152 Å². The quantitative estimate of drug-likeness (QED) is 0.250. The van der Waals surface area contributed by atoms with Crippen LogP contribution in [0.15, 0.2) is 0 Å². The molecule has 0 aromatic rings. The maximum absolute atomic E-state index is 2.55. The van der Waals surface area contributed by atoms with Crippen LogP contribution in [0.25, 0.3) is 0 Å². The van der Waals surface area contributed by atoms with Gasteiger partial charge in [-0.1, -0.05) is 152 Å². The normalized spacial score (nSPS) is 43.7. The highest BCUT2D eigenvalue weighted by Gasteiger charge is 2.64. The van der Waals surface area contributed by atoms with Crippen LogP contribution in [0.5, 0.6) is 0 Å². The molecule has 0 nitrogen and oxygen atoms in total. The summed E-state index contributed by atoms with van der Waals surface area (Å²) < 4.78 is 0. The van der Waals surface area contributed by atoms with Crippen LogP contribution in [0, 0.1) is 113 Å².